The summed E-state index contributed by atoms with van der Waals surface area (Å²) in [5, 5.41) is 80.2. The lowest BCUT2D eigenvalue weighted by Crippen LogP contribution is -2.67. The van der Waals surface area contributed by atoms with Crippen LogP contribution in [0.3, 0.4) is 0 Å². The molecule has 0 aromatic rings. The number of Topliss-reactive ketones (excluding diaryl/α,β-unsaturated/α-hetero) is 1. The summed E-state index contributed by atoms with van der Waals surface area (Å²) in [6.45, 7) is 12.8. The molecular formula is C54H86O31S3. The number of allylic oxidation sites excluding steroid dienone is 2. The van der Waals surface area contributed by atoms with Crippen LogP contribution in [0.1, 0.15) is 113 Å². The van der Waals surface area contributed by atoms with Gasteiger partial charge in [-0.3, -0.25) is 23.2 Å². The maximum atomic E-state index is 14.4. The summed E-state index contributed by atoms with van der Waals surface area (Å²) in [6.07, 6.45) is -29.8. The molecule has 0 aromatic heterocycles. The largest absolute Gasteiger partial charge is 0.458 e. The number of ketones is 1. The molecule has 1 spiro atoms. The van der Waals surface area contributed by atoms with Gasteiger partial charge >= 0.3 is 37.2 Å². The van der Waals surface area contributed by atoms with Gasteiger partial charge in [-0.1, -0.05) is 53.2 Å². The smallest absolute Gasteiger partial charge is 0.397 e. The van der Waals surface area contributed by atoms with Gasteiger partial charge in [0.05, 0.1) is 37.4 Å². The normalized spacial score (nSPS) is 47.1. The van der Waals surface area contributed by atoms with Gasteiger partial charge in [0.25, 0.3) is 0 Å². The number of hydrogen-bond acceptors (Lipinski definition) is 28. The Morgan fingerprint density at radius 3 is 1.80 bits per heavy atom. The Bertz CT molecular complexity index is 2910. The van der Waals surface area contributed by atoms with Crippen molar-refractivity contribution in [2.45, 2.75) is 242 Å². The highest BCUT2D eigenvalue weighted by Gasteiger charge is 2.76. The first kappa shape index (κ1) is 70.2. The summed E-state index contributed by atoms with van der Waals surface area (Å²) in [7, 11) is -14.6. The molecule has 27 atom stereocenters. The first-order chi connectivity index (χ1) is 40.7. The molecule has 34 heteroatoms. The highest BCUT2D eigenvalue weighted by atomic mass is 32.3. The predicted molar refractivity (Wildman–Crippen MR) is 292 cm³/mol. The minimum atomic E-state index is -5.25. The second kappa shape index (κ2) is 25.5. The number of methoxy groups -OCH3 is 1. The van der Waals surface area contributed by atoms with Gasteiger partial charge < -0.3 is 83.1 Å². The molecule has 506 valence electrons. The van der Waals surface area contributed by atoms with E-state index >= 15 is 0 Å². The van der Waals surface area contributed by atoms with E-state index in [0.717, 1.165) is 20.0 Å². The van der Waals surface area contributed by atoms with Crippen LogP contribution < -0.4 is 0 Å². The van der Waals surface area contributed by atoms with Crippen LogP contribution in [0.2, 0.25) is 0 Å². The van der Waals surface area contributed by atoms with E-state index in [2.05, 4.69) is 42.1 Å². The second-order valence-corrected chi connectivity index (χ2v) is 30.1. The molecule has 9 aliphatic rings. The summed E-state index contributed by atoms with van der Waals surface area (Å²) in [5.41, 5.74) is -1.93. The quantitative estimate of drug-likeness (QED) is 0.0388. The zero-order valence-corrected chi connectivity index (χ0v) is 52.6. The fourth-order valence-electron chi connectivity index (χ4n) is 16.6. The number of carbonyl (C=O) groups excluding carboxylic acids is 2. The lowest BCUT2D eigenvalue weighted by atomic mass is 9.41. The molecule has 5 saturated heterocycles. The highest BCUT2D eigenvalue weighted by Crippen LogP contribution is 2.76. The maximum Gasteiger partial charge on any atom is 0.397 e. The molecule has 27 unspecified atom stereocenters. The number of ether oxygens (including phenoxy) is 10. The fraction of sp³-hybridized carbons (Fsp3) is 0.926. The summed E-state index contributed by atoms with van der Waals surface area (Å²) in [5.74, 6) is -0.0671. The molecule has 5 aliphatic heterocycles. The van der Waals surface area contributed by atoms with Crippen molar-refractivity contribution >= 4 is 42.9 Å². The Morgan fingerprint density at radius 2 is 1.22 bits per heavy atom. The Balaban J connectivity index is 0.912. The van der Waals surface area contributed by atoms with Crippen molar-refractivity contribution in [2.75, 3.05) is 26.9 Å². The van der Waals surface area contributed by atoms with Crippen molar-refractivity contribution in [3.63, 3.8) is 0 Å². The van der Waals surface area contributed by atoms with Crippen LogP contribution in [0.25, 0.3) is 0 Å². The van der Waals surface area contributed by atoms with Crippen molar-refractivity contribution in [3.8, 4) is 0 Å². The Hall–Kier alpha value is -2.15. The molecule has 31 nitrogen and oxygen atoms in total. The van der Waals surface area contributed by atoms with E-state index in [-0.39, 0.29) is 47.3 Å². The second-order valence-electron chi connectivity index (χ2n) is 26.9. The average molecular weight is 1330 g/mol. The summed E-state index contributed by atoms with van der Waals surface area (Å²) >= 11 is 0. The van der Waals surface area contributed by atoms with Gasteiger partial charge in [0.2, 0.25) is 0 Å². The number of cyclic esters (lactones) is 1. The van der Waals surface area contributed by atoms with Crippen molar-refractivity contribution in [1.82, 2.24) is 0 Å². The predicted octanol–water partition coefficient (Wildman–Crippen LogP) is -0.648. The number of carbonyl (C=O) groups is 2. The minimum Gasteiger partial charge on any atom is -0.458 e. The Labute approximate surface area is 510 Å². The summed E-state index contributed by atoms with van der Waals surface area (Å²) < 4.78 is 171. The van der Waals surface area contributed by atoms with Gasteiger partial charge in [0.15, 0.2) is 25.2 Å². The third kappa shape index (κ3) is 13.3. The van der Waals surface area contributed by atoms with E-state index < -0.39 is 196 Å². The lowest BCUT2D eigenvalue weighted by molar-refractivity contribution is -0.389. The van der Waals surface area contributed by atoms with Crippen molar-refractivity contribution < 1.29 is 144 Å². The van der Waals surface area contributed by atoms with Crippen LogP contribution in [0, 0.1) is 45.3 Å². The van der Waals surface area contributed by atoms with E-state index in [4.69, 9.17) is 56.1 Å². The molecule has 88 heavy (non-hydrogen) atoms. The van der Waals surface area contributed by atoms with Crippen LogP contribution >= 0.6 is 0 Å². The number of fused-ring (bicyclic) bond motifs is 4. The zero-order valence-electron chi connectivity index (χ0n) is 50.2. The van der Waals surface area contributed by atoms with Gasteiger partial charge in [-0.2, -0.15) is 25.3 Å². The number of aliphatic hydroxyl groups is 7. The lowest BCUT2D eigenvalue weighted by Gasteiger charge is -2.64. The van der Waals surface area contributed by atoms with Crippen molar-refractivity contribution in [2.24, 2.45) is 45.3 Å². The number of rotatable bonds is 21. The van der Waals surface area contributed by atoms with Crippen LogP contribution in [0.5, 0.6) is 0 Å². The van der Waals surface area contributed by atoms with E-state index in [1.54, 1.807) is 0 Å². The van der Waals surface area contributed by atoms with E-state index in [9.17, 15) is 79.7 Å². The number of hydrogen-bond donors (Lipinski definition) is 10. The van der Waals surface area contributed by atoms with Gasteiger partial charge in [0.1, 0.15) is 96.8 Å². The van der Waals surface area contributed by atoms with Crippen LogP contribution in [-0.4, -0.2) is 242 Å². The molecule has 0 aromatic carbocycles. The van der Waals surface area contributed by atoms with Gasteiger partial charge in [-0.25, -0.2) is 12.5 Å². The first-order valence-corrected chi connectivity index (χ1v) is 33.6. The van der Waals surface area contributed by atoms with E-state index in [1.807, 2.05) is 20.8 Å². The topological polar surface area (TPSA) is 459 Å². The summed E-state index contributed by atoms with van der Waals surface area (Å²) in [6, 6.07) is 0. The van der Waals surface area contributed by atoms with Crippen LogP contribution in [-0.2, 0) is 101 Å². The third-order valence-corrected chi connectivity index (χ3v) is 22.1. The molecule has 4 aliphatic carbocycles. The van der Waals surface area contributed by atoms with Crippen LogP contribution in [0.4, 0.5) is 0 Å². The molecule has 10 N–H and O–H groups in total. The van der Waals surface area contributed by atoms with Gasteiger partial charge in [-0.15, -0.1) is 0 Å². The number of aliphatic hydroxyl groups excluding tert-OH is 7. The first-order valence-electron chi connectivity index (χ1n) is 29.5. The Kier molecular flexibility index (Phi) is 20.4. The maximum absolute atomic E-state index is 14.4. The highest BCUT2D eigenvalue weighted by molar-refractivity contribution is 7.81. The molecule has 3 saturated carbocycles. The molecule has 0 amide bonds. The minimum absolute atomic E-state index is 0.0313. The molecule has 8 fully saturated rings. The summed E-state index contributed by atoms with van der Waals surface area (Å²) in [4.78, 5) is 27.7. The average Bonchev–Trinajstić information content (AvgIpc) is 1.43. The van der Waals surface area contributed by atoms with Gasteiger partial charge in [-0.05, 0) is 87.4 Å². The van der Waals surface area contributed by atoms with Gasteiger partial charge in [0, 0.05) is 31.3 Å². The van der Waals surface area contributed by atoms with E-state index in [1.165, 1.54) is 12.5 Å². The molecule has 0 bridgehead atoms. The Morgan fingerprint density at radius 1 is 0.648 bits per heavy atom. The number of esters is 1. The van der Waals surface area contributed by atoms with Crippen molar-refractivity contribution in [1.29, 1.82) is 0 Å². The van der Waals surface area contributed by atoms with Crippen molar-refractivity contribution in [3.05, 3.63) is 11.6 Å². The fourth-order valence-corrected chi connectivity index (χ4v) is 17.7. The SMILES string of the molecule is COC1C(O)C(COS(=O)(=O)O)OC(OC2C(O)C(COS(=O)(=O)O)OC(OC3C(C)OC(OC4C(OC5CCC6(C)C7CCC89C(=O)OC(C)(CC(=O)CC(C)C)C8CCC9(C)C7=CCC6C5(C)C)OCC(OS(=O)(=O)O)C4O)C(O)C3O)C2O)C1O. The molecule has 5 heterocycles. The molecule has 9 rings (SSSR count). The standard InChI is InChI=1S/C54H86O31S3/c1-23(2)18-25(55)19-53(8)32-13-16-52(7)27-10-11-31-50(4,5)33(14-15-51(31,6)26(27)12-17-54(32,52)49(63)84-53)80-48-44(36(58)30(20-74-48)85-88(70,71)72)83-45-38(60)37(59)41(24(3)77-45)81-47-40(62)43(35(57)29(79-47)22-76-87(67,68)69)82-46-39(61)42(73-9)34(56)28(78-46)21-75-86(64,65)66/h10,23-24,26,28-48,56-62H,11-22H2,1-9H3,(H,64,65,66)(H,67,68,69)(H,70,71,72). The monoisotopic (exact) mass is 1330 g/mol. The van der Waals surface area contributed by atoms with Crippen LogP contribution in [0.15, 0.2) is 11.6 Å². The third-order valence-electron chi connectivity index (χ3n) is 20.7. The molecule has 0 radical (unpaired) electrons. The zero-order chi connectivity index (χ0) is 65.0. The van der Waals surface area contributed by atoms with E-state index in [0.29, 0.717) is 38.5 Å². The molecular weight excluding hydrogens is 1240 g/mol.